The van der Waals surface area contributed by atoms with Crippen molar-refractivity contribution in [2.24, 2.45) is 0 Å². The van der Waals surface area contributed by atoms with Gasteiger partial charge < -0.3 is 9.09 Å². The molecular weight excluding hydrogens is 306 g/mol. The Bertz CT molecular complexity index is 834. The molecule has 0 bridgehead atoms. The lowest BCUT2D eigenvalue weighted by Crippen LogP contribution is -2.17. The van der Waals surface area contributed by atoms with Crippen LogP contribution in [0.3, 0.4) is 0 Å². The van der Waals surface area contributed by atoms with Crippen molar-refractivity contribution in [2.75, 3.05) is 11.5 Å². The van der Waals surface area contributed by atoms with E-state index in [9.17, 15) is 13.2 Å². The topological polar surface area (TPSA) is 95.1 Å². The minimum absolute atomic E-state index is 0.00401. The third-order valence-electron chi connectivity index (χ3n) is 3.67. The molecule has 0 radical (unpaired) electrons. The SMILES string of the molecule is CCS(=O)(=O)CCc1noc(-c2ccc(=O)n(C3CC3)c2)n1. The molecule has 8 heteroatoms. The molecule has 0 atom stereocenters. The van der Waals surface area contributed by atoms with Crippen molar-refractivity contribution in [3.63, 3.8) is 0 Å². The number of hydrogen-bond donors (Lipinski definition) is 0. The molecule has 2 aromatic heterocycles. The summed E-state index contributed by atoms with van der Waals surface area (Å²) in [4.78, 5) is 16.0. The number of hydrogen-bond acceptors (Lipinski definition) is 6. The molecule has 3 rings (SSSR count). The molecule has 0 unspecified atom stereocenters. The lowest BCUT2D eigenvalue weighted by atomic mass is 10.3. The maximum Gasteiger partial charge on any atom is 0.259 e. The molecule has 0 amide bonds. The minimum Gasteiger partial charge on any atom is -0.334 e. The number of pyridine rings is 1. The van der Waals surface area contributed by atoms with E-state index < -0.39 is 9.84 Å². The van der Waals surface area contributed by atoms with E-state index in [-0.39, 0.29) is 29.5 Å². The van der Waals surface area contributed by atoms with Crippen molar-refractivity contribution in [3.05, 3.63) is 34.5 Å². The van der Waals surface area contributed by atoms with E-state index in [0.29, 0.717) is 17.3 Å². The van der Waals surface area contributed by atoms with Crippen molar-refractivity contribution in [2.45, 2.75) is 32.2 Å². The highest BCUT2D eigenvalue weighted by Crippen LogP contribution is 2.34. The number of aromatic nitrogens is 3. The molecule has 1 saturated carbocycles. The van der Waals surface area contributed by atoms with Crippen LogP contribution in [0.1, 0.15) is 31.6 Å². The highest BCUT2D eigenvalue weighted by Gasteiger charge is 2.25. The van der Waals surface area contributed by atoms with Gasteiger partial charge in [-0.15, -0.1) is 0 Å². The number of sulfone groups is 1. The van der Waals surface area contributed by atoms with Gasteiger partial charge in [0.1, 0.15) is 9.84 Å². The summed E-state index contributed by atoms with van der Waals surface area (Å²) in [7, 11) is -3.06. The second kappa shape index (κ2) is 5.68. The van der Waals surface area contributed by atoms with Crippen LogP contribution in [0.5, 0.6) is 0 Å². The Labute approximate surface area is 127 Å². The summed E-state index contributed by atoms with van der Waals surface area (Å²) in [6, 6.07) is 3.39. The molecule has 118 valence electrons. The average molecular weight is 323 g/mol. The van der Waals surface area contributed by atoms with Crippen LogP contribution in [-0.4, -0.2) is 34.6 Å². The standard InChI is InChI=1S/C14H17N3O4S/c1-2-22(19,20)8-7-12-15-14(21-16-12)10-3-6-13(18)17(9-10)11-4-5-11/h3,6,9,11H,2,4-5,7-8H2,1H3. The van der Waals surface area contributed by atoms with E-state index in [1.807, 2.05) is 0 Å². The summed E-state index contributed by atoms with van der Waals surface area (Å²) >= 11 is 0. The summed E-state index contributed by atoms with van der Waals surface area (Å²) in [5, 5.41) is 3.80. The zero-order valence-electron chi connectivity index (χ0n) is 12.2. The highest BCUT2D eigenvalue weighted by atomic mass is 32.2. The second-order valence-electron chi connectivity index (χ2n) is 5.40. The van der Waals surface area contributed by atoms with E-state index in [4.69, 9.17) is 4.52 Å². The Balaban J connectivity index is 1.79. The summed E-state index contributed by atoms with van der Waals surface area (Å²) in [5.41, 5.74) is 0.628. The van der Waals surface area contributed by atoms with Crippen LogP contribution in [0.15, 0.2) is 27.6 Å². The van der Waals surface area contributed by atoms with Crippen LogP contribution < -0.4 is 5.56 Å². The normalized spacial score (nSPS) is 15.1. The fourth-order valence-electron chi connectivity index (χ4n) is 2.13. The Morgan fingerprint density at radius 1 is 1.36 bits per heavy atom. The Morgan fingerprint density at radius 2 is 2.14 bits per heavy atom. The number of aryl methyl sites for hydroxylation is 1. The van der Waals surface area contributed by atoms with Gasteiger partial charge in [0.05, 0.1) is 11.3 Å². The maximum atomic E-state index is 11.8. The Hall–Kier alpha value is -1.96. The van der Waals surface area contributed by atoms with Crippen LogP contribution in [-0.2, 0) is 16.3 Å². The van der Waals surface area contributed by atoms with E-state index in [0.717, 1.165) is 12.8 Å². The molecule has 0 N–H and O–H groups in total. The molecule has 22 heavy (non-hydrogen) atoms. The van der Waals surface area contributed by atoms with Crippen molar-refractivity contribution in [1.82, 2.24) is 14.7 Å². The molecule has 0 aliphatic heterocycles. The van der Waals surface area contributed by atoms with E-state index in [1.165, 1.54) is 6.07 Å². The fourth-order valence-corrected chi connectivity index (χ4v) is 2.91. The van der Waals surface area contributed by atoms with E-state index >= 15 is 0 Å². The summed E-state index contributed by atoms with van der Waals surface area (Å²) in [6.07, 6.45) is 3.96. The van der Waals surface area contributed by atoms with Gasteiger partial charge in [-0.05, 0) is 18.9 Å². The quantitative estimate of drug-likeness (QED) is 0.793. The lowest BCUT2D eigenvalue weighted by Gasteiger charge is -2.03. The van der Waals surface area contributed by atoms with Gasteiger partial charge in [0.25, 0.3) is 11.4 Å². The van der Waals surface area contributed by atoms with Gasteiger partial charge in [-0.3, -0.25) is 4.79 Å². The van der Waals surface area contributed by atoms with Gasteiger partial charge in [0, 0.05) is 30.5 Å². The Morgan fingerprint density at radius 3 is 2.82 bits per heavy atom. The molecule has 7 nitrogen and oxygen atoms in total. The minimum atomic E-state index is -3.06. The Kier molecular flexibility index (Phi) is 3.86. The number of rotatable bonds is 6. The van der Waals surface area contributed by atoms with Crippen molar-refractivity contribution in [3.8, 4) is 11.5 Å². The van der Waals surface area contributed by atoms with Gasteiger partial charge in [-0.25, -0.2) is 8.42 Å². The van der Waals surface area contributed by atoms with Crippen LogP contribution in [0.4, 0.5) is 0 Å². The van der Waals surface area contributed by atoms with Crippen LogP contribution in [0.25, 0.3) is 11.5 Å². The zero-order chi connectivity index (χ0) is 15.7. The van der Waals surface area contributed by atoms with E-state index in [1.54, 1.807) is 23.8 Å². The van der Waals surface area contributed by atoms with Gasteiger partial charge in [-0.1, -0.05) is 12.1 Å². The maximum absolute atomic E-state index is 11.8. The molecule has 1 fully saturated rings. The van der Waals surface area contributed by atoms with Gasteiger partial charge in [0.2, 0.25) is 0 Å². The molecule has 1 aliphatic carbocycles. The fraction of sp³-hybridized carbons (Fsp3) is 0.500. The highest BCUT2D eigenvalue weighted by molar-refractivity contribution is 7.91. The van der Waals surface area contributed by atoms with Crippen LogP contribution >= 0.6 is 0 Å². The predicted octanol–water partition coefficient (Wildman–Crippen LogP) is 1.21. The van der Waals surface area contributed by atoms with E-state index in [2.05, 4.69) is 10.1 Å². The first-order chi connectivity index (χ1) is 10.5. The third kappa shape index (κ3) is 3.27. The first-order valence-electron chi connectivity index (χ1n) is 7.24. The molecular formula is C14H17N3O4S. The monoisotopic (exact) mass is 323 g/mol. The molecule has 0 aromatic carbocycles. The third-order valence-corrected chi connectivity index (χ3v) is 5.38. The average Bonchev–Trinajstić information content (AvgIpc) is 3.24. The van der Waals surface area contributed by atoms with Crippen LogP contribution in [0, 0.1) is 0 Å². The second-order valence-corrected chi connectivity index (χ2v) is 7.87. The smallest absolute Gasteiger partial charge is 0.259 e. The van der Waals surface area contributed by atoms with Crippen molar-refractivity contribution >= 4 is 9.84 Å². The van der Waals surface area contributed by atoms with Gasteiger partial charge >= 0.3 is 0 Å². The first kappa shape index (κ1) is 15.0. The van der Waals surface area contributed by atoms with Crippen LogP contribution in [0.2, 0.25) is 0 Å². The molecule has 0 saturated heterocycles. The summed E-state index contributed by atoms with van der Waals surface area (Å²) in [5.74, 6) is 0.767. The number of nitrogens with zero attached hydrogens (tertiary/aromatic N) is 3. The molecule has 0 spiro atoms. The summed E-state index contributed by atoms with van der Waals surface area (Å²) < 4.78 is 29.8. The summed E-state index contributed by atoms with van der Waals surface area (Å²) in [6.45, 7) is 1.61. The first-order valence-corrected chi connectivity index (χ1v) is 9.06. The molecule has 1 aliphatic rings. The van der Waals surface area contributed by atoms with Gasteiger partial charge in [-0.2, -0.15) is 4.98 Å². The zero-order valence-corrected chi connectivity index (χ0v) is 13.0. The molecule has 2 aromatic rings. The van der Waals surface area contributed by atoms with Gasteiger partial charge in [0.15, 0.2) is 5.82 Å². The lowest BCUT2D eigenvalue weighted by molar-refractivity contribution is 0.423. The molecule has 2 heterocycles. The van der Waals surface area contributed by atoms with Crippen molar-refractivity contribution < 1.29 is 12.9 Å². The largest absolute Gasteiger partial charge is 0.334 e. The van der Waals surface area contributed by atoms with Crippen molar-refractivity contribution in [1.29, 1.82) is 0 Å². The predicted molar refractivity (Wildman–Crippen MR) is 80.3 cm³/mol.